The molecule has 2 aromatic heterocycles. The second-order valence-corrected chi connectivity index (χ2v) is 8.38. The van der Waals surface area contributed by atoms with Crippen LogP contribution in [0.1, 0.15) is 41.6 Å². The molecule has 0 radical (unpaired) electrons. The maximum absolute atomic E-state index is 11.8. The van der Waals surface area contributed by atoms with Crippen LogP contribution >= 0.6 is 11.3 Å². The van der Waals surface area contributed by atoms with E-state index in [1.807, 2.05) is 50.5 Å². The highest BCUT2D eigenvalue weighted by atomic mass is 32.1. The standard InChI is InChI=1S/C22H26N2O3S/c1-14(2)18-11-10-17-19(20(22(25)26)28-21(17)23-18)15-6-8-16(9-7-15)27-13-5-12-24(3)4/h6-11,14H,5,12-13H2,1-4H3,(H,25,26). The molecule has 1 aromatic carbocycles. The summed E-state index contributed by atoms with van der Waals surface area (Å²) in [6.45, 7) is 5.80. The summed E-state index contributed by atoms with van der Waals surface area (Å²) in [6.07, 6.45) is 0.955. The average molecular weight is 399 g/mol. The predicted molar refractivity (Wildman–Crippen MR) is 115 cm³/mol. The highest BCUT2D eigenvalue weighted by molar-refractivity contribution is 7.21. The first-order valence-electron chi connectivity index (χ1n) is 9.41. The van der Waals surface area contributed by atoms with Gasteiger partial charge in [-0.25, -0.2) is 9.78 Å². The average Bonchev–Trinajstić information content (AvgIpc) is 3.04. The summed E-state index contributed by atoms with van der Waals surface area (Å²) in [7, 11) is 4.08. The highest BCUT2D eigenvalue weighted by Crippen LogP contribution is 2.39. The molecule has 5 nitrogen and oxygen atoms in total. The first kappa shape index (κ1) is 20.3. The number of benzene rings is 1. The number of fused-ring (bicyclic) bond motifs is 1. The maximum atomic E-state index is 11.8. The first-order chi connectivity index (χ1) is 13.4. The molecule has 0 saturated heterocycles. The van der Waals surface area contributed by atoms with E-state index < -0.39 is 5.97 Å². The van der Waals surface area contributed by atoms with Gasteiger partial charge in [-0.15, -0.1) is 11.3 Å². The number of aromatic carboxylic acids is 1. The number of carboxylic acid groups (broad SMARTS) is 1. The molecule has 6 heteroatoms. The Bertz CT molecular complexity index is 962. The van der Waals surface area contributed by atoms with Gasteiger partial charge in [0, 0.05) is 23.2 Å². The zero-order valence-corrected chi connectivity index (χ0v) is 17.5. The van der Waals surface area contributed by atoms with E-state index in [1.165, 1.54) is 11.3 Å². The number of thiophene rings is 1. The Hall–Kier alpha value is -2.44. The van der Waals surface area contributed by atoms with Crippen molar-refractivity contribution in [1.29, 1.82) is 0 Å². The fraction of sp³-hybridized carbons (Fsp3) is 0.364. The van der Waals surface area contributed by atoms with Crippen molar-refractivity contribution in [3.63, 3.8) is 0 Å². The lowest BCUT2D eigenvalue weighted by Gasteiger charge is -2.11. The zero-order valence-electron chi connectivity index (χ0n) is 16.7. The van der Waals surface area contributed by atoms with Gasteiger partial charge in [0.25, 0.3) is 0 Å². The van der Waals surface area contributed by atoms with Gasteiger partial charge >= 0.3 is 5.97 Å². The molecule has 1 N–H and O–H groups in total. The van der Waals surface area contributed by atoms with Crippen molar-refractivity contribution >= 4 is 27.5 Å². The van der Waals surface area contributed by atoms with Crippen LogP contribution in [0.25, 0.3) is 21.3 Å². The summed E-state index contributed by atoms with van der Waals surface area (Å²) in [5, 5.41) is 10.6. The SMILES string of the molecule is CC(C)c1ccc2c(-c3ccc(OCCCN(C)C)cc3)c(C(=O)O)sc2n1. The second kappa shape index (κ2) is 8.71. The summed E-state index contributed by atoms with van der Waals surface area (Å²) < 4.78 is 5.78. The Morgan fingerprint density at radius 3 is 2.50 bits per heavy atom. The smallest absolute Gasteiger partial charge is 0.346 e. The van der Waals surface area contributed by atoms with Crippen LogP contribution in [0.15, 0.2) is 36.4 Å². The molecule has 0 fully saturated rings. The third-order valence-corrected chi connectivity index (χ3v) is 5.61. The molecule has 148 valence electrons. The van der Waals surface area contributed by atoms with Crippen LogP contribution in [-0.2, 0) is 0 Å². The van der Waals surface area contributed by atoms with Crippen LogP contribution in [-0.4, -0.2) is 48.2 Å². The number of hydrogen-bond acceptors (Lipinski definition) is 5. The van der Waals surface area contributed by atoms with Gasteiger partial charge in [-0.05, 0) is 56.3 Å². The minimum atomic E-state index is -0.923. The molecule has 28 heavy (non-hydrogen) atoms. The van der Waals surface area contributed by atoms with Gasteiger partial charge in [-0.3, -0.25) is 0 Å². The topological polar surface area (TPSA) is 62.7 Å². The molecular formula is C22H26N2O3S. The predicted octanol–water partition coefficient (Wildman–Crippen LogP) is 5.12. The van der Waals surface area contributed by atoms with E-state index in [0.717, 1.165) is 45.8 Å². The number of carboxylic acids is 1. The van der Waals surface area contributed by atoms with Crippen molar-refractivity contribution in [2.75, 3.05) is 27.2 Å². The Morgan fingerprint density at radius 1 is 1.18 bits per heavy atom. The van der Waals surface area contributed by atoms with Crippen molar-refractivity contribution in [3.8, 4) is 16.9 Å². The number of ether oxygens (including phenoxy) is 1. The highest BCUT2D eigenvalue weighted by Gasteiger charge is 2.20. The van der Waals surface area contributed by atoms with Crippen molar-refractivity contribution in [1.82, 2.24) is 9.88 Å². The molecule has 3 aromatic rings. The van der Waals surface area contributed by atoms with Crippen LogP contribution in [0.5, 0.6) is 5.75 Å². The van der Waals surface area contributed by atoms with E-state index in [-0.39, 0.29) is 0 Å². The van der Waals surface area contributed by atoms with Gasteiger partial charge < -0.3 is 14.7 Å². The summed E-state index contributed by atoms with van der Waals surface area (Å²) >= 11 is 1.24. The van der Waals surface area contributed by atoms with Crippen LogP contribution in [0.2, 0.25) is 0 Å². The van der Waals surface area contributed by atoms with Crippen molar-refractivity contribution < 1.29 is 14.6 Å². The fourth-order valence-electron chi connectivity index (χ4n) is 3.04. The minimum absolute atomic E-state index is 0.298. The molecule has 0 unspecified atom stereocenters. The number of pyridine rings is 1. The lowest BCUT2D eigenvalue weighted by molar-refractivity contribution is 0.0703. The number of nitrogens with zero attached hydrogens (tertiary/aromatic N) is 2. The number of carbonyl (C=O) groups is 1. The van der Waals surface area contributed by atoms with Crippen LogP contribution in [0, 0.1) is 0 Å². The summed E-state index contributed by atoms with van der Waals surface area (Å²) in [5.41, 5.74) is 2.57. The lowest BCUT2D eigenvalue weighted by Crippen LogP contribution is -2.15. The Morgan fingerprint density at radius 2 is 1.89 bits per heavy atom. The quantitative estimate of drug-likeness (QED) is 0.534. The summed E-state index contributed by atoms with van der Waals surface area (Å²) in [6, 6.07) is 11.6. The minimum Gasteiger partial charge on any atom is -0.494 e. The summed E-state index contributed by atoms with van der Waals surface area (Å²) in [4.78, 5) is 19.7. The second-order valence-electron chi connectivity index (χ2n) is 7.38. The van der Waals surface area contributed by atoms with Gasteiger partial charge in [0.2, 0.25) is 0 Å². The fourth-order valence-corrected chi connectivity index (χ4v) is 4.08. The van der Waals surface area contributed by atoms with Crippen LogP contribution in [0.4, 0.5) is 0 Å². The van der Waals surface area contributed by atoms with E-state index in [0.29, 0.717) is 17.4 Å². The zero-order chi connectivity index (χ0) is 20.3. The monoisotopic (exact) mass is 398 g/mol. The van der Waals surface area contributed by atoms with Crippen molar-refractivity contribution in [3.05, 3.63) is 47.0 Å². The van der Waals surface area contributed by atoms with Crippen LogP contribution < -0.4 is 4.74 Å². The first-order valence-corrected chi connectivity index (χ1v) is 10.2. The molecule has 2 heterocycles. The lowest BCUT2D eigenvalue weighted by atomic mass is 10.0. The largest absolute Gasteiger partial charge is 0.494 e. The van der Waals surface area contributed by atoms with Gasteiger partial charge in [0.15, 0.2) is 0 Å². The van der Waals surface area contributed by atoms with E-state index in [2.05, 4.69) is 23.7 Å². The van der Waals surface area contributed by atoms with Gasteiger partial charge in [0.1, 0.15) is 15.5 Å². The number of aromatic nitrogens is 1. The Balaban J connectivity index is 1.89. The number of rotatable bonds is 8. The molecular weight excluding hydrogens is 372 g/mol. The molecule has 0 aliphatic carbocycles. The van der Waals surface area contributed by atoms with Crippen molar-refractivity contribution in [2.45, 2.75) is 26.2 Å². The third kappa shape index (κ3) is 4.51. The molecule has 0 aliphatic rings. The third-order valence-electron chi connectivity index (χ3n) is 4.52. The Labute approximate surface area is 169 Å². The maximum Gasteiger partial charge on any atom is 0.346 e. The Kier molecular flexibility index (Phi) is 6.31. The molecule has 0 atom stereocenters. The molecule has 0 bridgehead atoms. The van der Waals surface area contributed by atoms with E-state index in [4.69, 9.17) is 4.74 Å². The molecule has 0 spiro atoms. The summed E-state index contributed by atoms with van der Waals surface area (Å²) in [5.74, 6) is 0.166. The molecule has 0 amide bonds. The van der Waals surface area contributed by atoms with E-state index >= 15 is 0 Å². The van der Waals surface area contributed by atoms with E-state index in [9.17, 15) is 9.90 Å². The van der Waals surface area contributed by atoms with Crippen LogP contribution in [0.3, 0.4) is 0 Å². The van der Waals surface area contributed by atoms with Gasteiger partial charge in [0.05, 0.1) is 6.61 Å². The van der Waals surface area contributed by atoms with Gasteiger partial charge in [-0.1, -0.05) is 26.0 Å². The molecule has 3 rings (SSSR count). The van der Waals surface area contributed by atoms with Gasteiger partial charge in [-0.2, -0.15) is 0 Å². The molecule has 0 saturated carbocycles. The van der Waals surface area contributed by atoms with E-state index in [1.54, 1.807) is 0 Å². The van der Waals surface area contributed by atoms with Crippen molar-refractivity contribution in [2.24, 2.45) is 0 Å². The normalized spacial score (nSPS) is 11.5. The number of hydrogen-bond donors (Lipinski definition) is 1. The molecule has 0 aliphatic heterocycles.